The lowest BCUT2D eigenvalue weighted by Gasteiger charge is -1.94. The highest BCUT2D eigenvalue weighted by molar-refractivity contribution is 7.71. The quantitative estimate of drug-likeness (QED) is 0.474. The maximum Gasteiger partial charge on any atom is 0.299 e. The van der Waals surface area contributed by atoms with Gasteiger partial charge in [-0.3, -0.25) is 0 Å². The lowest BCUT2D eigenvalue weighted by molar-refractivity contribution is 0.137. The Kier molecular flexibility index (Phi) is 1.66. The Morgan fingerprint density at radius 2 is 2.30 bits per heavy atom. The third-order valence-electron chi connectivity index (χ3n) is 0.927. The van der Waals surface area contributed by atoms with E-state index in [0.717, 1.165) is 0 Å². The molecule has 0 aliphatic carbocycles. The second kappa shape index (κ2) is 2.33. The molecule has 0 aliphatic heterocycles. The number of halogens is 2. The molecule has 7 heteroatoms. The van der Waals surface area contributed by atoms with Crippen molar-refractivity contribution in [2.45, 2.75) is 6.43 Å². The summed E-state index contributed by atoms with van der Waals surface area (Å²) in [4.78, 5) is 0. The molecular weight excluding hydrogens is 162 g/mol. The predicted octanol–water partition coefficient (Wildman–Crippen LogP) is 0.592. The summed E-state index contributed by atoms with van der Waals surface area (Å²) in [5.41, 5.74) is 0. The van der Waals surface area contributed by atoms with Crippen molar-refractivity contribution in [1.82, 2.24) is 14.9 Å². The lowest BCUT2D eigenvalue weighted by Crippen LogP contribution is -2.12. The van der Waals surface area contributed by atoms with Gasteiger partial charge in [0.25, 0.3) is 6.43 Å². The fourth-order valence-electron chi connectivity index (χ4n) is 0.471. The van der Waals surface area contributed by atoms with Crippen molar-refractivity contribution in [3.63, 3.8) is 0 Å². The van der Waals surface area contributed by atoms with Crippen LogP contribution in [-0.4, -0.2) is 14.9 Å². The zero-order valence-corrected chi connectivity index (χ0v) is 5.53. The molecule has 0 saturated heterocycles. The minimum atomic E-state index is -2.70. The van der Waals surface area contributed by atoms with Gasteiger partial charge >= 0.3 is 0 Å². The Morgan fingerprint density at radius 3 is 2.50 bits per heavy atom. The van der Waals surface area contributed by atoms with Gasteiger partial charge in [-0.1, -0.05) is 0 Å². The first kappa shape index (κ1) is 7.13. The van der Waals surface area contributed by atoms with Crippen LogP contribution >= 0.6 is 12.2 Å². The van der Waals surface area contributed by atoms with Gasteiger partial charge in [0, 0.05) is 0 Å². The summed E-state index contributed by atoms with van der Waals surface area (Å²) < 4.78 is 24.2. The zero-order chi connectivity index (χ0) is 7.72. The van der Waals surface area contributed by atoms with Gasteiger partial charge in [0.15, 0.2) is 0 Å². The number of aromatic nitrogens is 3. The summed E-state index contributed by atoms with van der Waals surface area (Å²) in [5.74, 6) is 4.49. The average molecular weight is 166 g/mol. The molecule has 0 fully saturated rings. The summed E-state index contributed by atoms with van der Waals surface area (Å²) in [6, 6.07) is 0. The summed E-state index contributed by atoms with van der Waals surface area (Å²) in [7, 11) is 0. The number of aromatic amines is 1. The first-order chi connectivity index (χ1) is 4.63. The predicted molar refractivity (Wildman–Crippen MR) is 32.5 cm³/mol. The molecule has 1 aromatic heterocycles. The largest absolute Gasteiger partial charge is 0.335 e. The number of H-pyrrole nitrogens is 1. The van der Waals surface area contributed by atoms with Gasteiger partial charge in [-0.05, 0) is 12.2 Å². The number of nitrogens with zero attached hydrogens (tertiary/aromatic N) is 2. The molecule has 56 valence electrons. The van der Waals surface area contributed by atoms with Gasteiger partial charge in [0.2, 0.25) is 10.6 Å². The molecule has 1 rings (SSSR count). The van der Waals surface area contributed by atoms with Crippen molar-refractivity contribution in [1.29, 1.82) is 0 Å². The standard InChI is InChI=1S/C3H4F2N4S/c4-1(5)2-7-8-3(10)9(2)6/h1H,6H2,(H,8,10). The summed E-state index contributed by atoms with van der Waals surface area (Å²) in [6.45, 7) is 0. The smallest absolute Gasteiger partial charge is 0.299 e. The molecule has 4 nitrogen and oxygen atoms in total. The molecule has 0 spiro atoms. The second-order valence-corrected chi connectivity index (χ2v) is 1.94. The molecule has 3 N–H and O–H groups in total. The van der Waals surface area contributed by atoms with Crippen LogP contribution in [0.1, 0.15) is 12.2 Å². The third kappa shape index (κ3) is 0.991. The first-order valence-corrected chi connectivity index (χ1v) is 2.74. The van der Waals surface area contributed by atoms with Crippen LogP contribution in [0.15, 0.2) is 0 Å². The molecule has 0 aromatic carbocycles. The Balaban J connectivity index is 3.18. The highest BCUT2D eigenvalue weighted by Gasteiger charge is 2.13. The molecule has 0 aliphatic rings. The molecule has 0 unspecified atom stereocenters. The van der Waals surface area contributed by atoms with E-state index in [1.807, 2.05) is 0 Å². The summed E-state index contributed by atoms with van der Waals surface area (Å²) >= 11 is 4.48. The van der Waals surface area contributed by atoms with E-state index >= 15 is 0 Å². The van der Waals surface area contributed by atoms with Crippen molar-refractivity contribution in [3.8, 4) is 0 Å². The number of nitrogens with one attached hydrogen (secondary N) is 1. The number of nitrogens with two attached hydrogens (primary N) is 1. The van der Waals surface area contributed by atoms with Crippen molar-refractivity contribution in [2.75, 3.05) is 5.84 Å². The first-order valence-electron chi connectivity index (χ1n) is 2.33. The van der Waals surface area contributed by atoms with Gasteiger partial charge < -0.3 is 5.84 Å². The molecule has 0 atom stereocenters. The zero-order valence-electron chi connectivity index (χ0n) is 4.71. The van der Waals surface area contributed by atoms with Crippen LogP contribution in [0.3, 0.4) is 0 Å². The molecule has 0 saturated carbocycles. The molecule has 0 amide bonds. The summed E-state index contributed by atoms with van der Waals surface area (Å²) in [6.07, 6.45) is -2.70. The number of hydrogen-bond acceptors (Lipinski definition) is 3. The van der Waals surface area contributed by atoms with Gasteiger partial charge in [-0.25, -0.2) is 18.6 Å². The third-order valence-corrected chi connectivity index (χ3v) is 1.21. The van der Waals surface area contributed by atoms with Crippen LogP contribution in [0, 0.1) is 4.77 Å². The van der Waals surface area contributed by atoms with E-state index in [1.165, 1.54) is 0 Å². The molecule has 10 heavy (non-hydrogen) atoms. The van der Waals surface area contributed by atoms with E-state index in [2.05, 4.69) is 22.4 Å². The maximum absolute atomic E-state index is 11.8. The topological polar surface area (TPSA) is 59.6 Å². The fourth-order valence-corrected chi connectivity index (χ4v) is 0.610. The number of rotatable bonds is 1. The van der Waals surface area contributed by atoms with Crippen LogP contribution in [0.5, 0.6) is 0 Å². The monoisotopic (exact) mass is 166 g/mol. The van der Waals surface area contributed by atoms with Crippen LogP contribution in [0.4, 0.5) is 8.78 Å². The van der Waals surface area contributed by atoms with Crippen LogP contribution in [-0.2, 0) is 0 Å². The molecule has 0 radical (unpaired) electrons. The highest BCUT2D eigenvalue weighted by atomic mass is 32.1. The summed E-state index contributed by atoms with van der Waals surface area (Å²) in [5, 5.41) is 5.31. The van der Waals surface area contributed by atoms with Gasteiger partial charge in [-0.15, -0.1) is 0 Å². The number of alkyl halides is 2. The second-order valence-electron chi connectivity index (χ2n) is 1.56. The van der Waals surface area contributed by atoms with Crippen LogP contribution in [0.25, 0.3) is 0 Å². The van der Waals surface area contributed by atoms with E-state index < -0.39 is 12.2 Å². The highest BCUT2D eigenvalue weighted by Crippen LogP contribution is 2.13. The van der Waals surface area contributed by atoms with Gasteiger partial charge in [-0.2, -0.15) is 5.10 Å². The van der Waals surface area contributed by atoms with E-state index in [9.17, 15) is 8.78 Å². The van der Waals surface area contributed by atoms with E-state index in [0.29, 0.717) is 4.68 Å². The fraction of sp³-hybridized carbons (Fsp3) is 0.333. The lowest BCUT2D eigenvalue weighted by atomic mass is 10.7. The van der Waals surface area contributed by atoms with E-state index in [4.69, 9.17) is 5.84 Å². The Hall–Kier alpha value is -0.980. The normalized spacial score (nSPS) is 10.7. The van der Waals surface area contributed by atoms with Crippen LogP contribution < -0.4 is 5.84 Å². The molecule has 0 bridgehead atoms. The minimum Gasteiger partial charge on any atom is -0.335 e. The van der Waals surface area contributed by atoms with Crippen molar-refractivity contribution in [3.05, 3.63) is 10.6 Å². The van der Waals surface area contributed by atoms with Gasteiger partial charge in [0.1, 0.15) is 0 Å². The van der Waals surface area contributed by atoms with Gasteiger partial charge in [0.05, 0.1) is 0 Å². The SMILES string of the molecule is Nn1c(C(F)F)n[nH]c1=S. The van der Waals surface area contributed by atoms with Crippen LogP contribution in [0.2, 0.25) is 0 Å². The molecular formula is C3H4F2N4S. The van der Waals surface area contributed by atoms with Crippen molar-refractivity contribution < 1.29 is 8.78 Å². The van der Waals surface area contributed by atoms with E-state index in [-0.39, 0.29) is 4.77 Å². The Labute approximate surface area is 59.6 Å². The van der Waals surface area contributed by atoms with Crippen molar-refractivity contribution >= 4 is 12.2 Å². The Morgan fingerprint density at radius 1 is 1.70 bits per heavy atom. The van der Waals surface area contributed by atoms with E-state index in [1.54, 1.807) is 0 Å². The Bertz CT molecular complexity index is 276. The van der Waals surface area contributed by atoms with Crippen molar-refractivity contribution in [2.24, 2.45) is 0 Å². The maximum atomic E-state index is 11.8. The minimum absolute atomic E-state index is 0.0182. The molecule has 1 aromatic rings. The number of nitrogen functional groups attached to an aromatic ring is 1. The molecule has 1 heterocycles. The average Bonchev–Trinajstić information content (AvgIpc) is 2.14. The number of hydrogen-bond donors (Lipinski definition) is 2.